The standard InChI is InChI=1S/C19H27N3O/c1-4-21(14-19(2,3)23)13-17-16-11-8-12-18(16)22(20-17)15-9-6-5-7-10-15/h5-7,9-10,23H,4,8,11-14H2,1-3H3. The summed E-state index contributed by atoms with van der Waals surface area (Å²) < 4.78 is 2.12. The molecule has 0 radical (unpaired) electrons. The number of hydrogen-bond acceptors (Lipinski definition) is 3. The number of rotatable bonds is 6. The van der Waals surface area contributed by atoms with Crippen molar-refractivity contribution in [2.75, 3.05) is 13.1 Å². The molecule has 0 spiro atoms. The van der Waals surface area contributed by atoms with Crippen molar-refractivity contribution in [1.82, 2.24) is 14.7 Å². The molecule has 3 rings (SSSR count). The van der Waals surface area contributed by atoms with E-state index in [-0.39, 0.29) is 0 Å². The fourth-order valence-electron chi connectivity index (χ4n) is 3.46. The first-order valence-corrected chi connectivity index (χ1v) is 8.58. The van der Waals surface area contributed by atoms with Gasteiger partial charge >= 0.3 is 0 Å². The quantitative estimate of drug-likeness (QED) is 0.891. The highest BCUT2D eigenvalue weighted by atomic mass is 16.3. The van der Waals surface area contributed by atoms with Crippen LogP contribution in [0.2, 0.25) is 0 Å². The lowest BCUT2D eigenvalue weighted by Crippen LogP contribution is -2.38. The largest absolute Gasteiger partial charge is 0.389 e. The van der Waals surface area contributed by atoms with Crippen LogP contribution >= 0.6 is 0 Å². The number of para-hydroxylation sites is 1. The first-order chi connectivity index (χ1) is 11.0. The molecule has 1 aromatic carbocycles. The number of aromatic nitrogens is 2. The minimum absolute atomic E-state index is 0.663. The maximum atomic E-state index is 10.1. The van der Waals surface area contributed by atoms with Gasteiger partial charge < -0.3 is 5.11 Å². The fraction of sp³-hybridized carbons (Fsp3) is 0.526. The Balaban J connectivity index is 1.89. The van der Waals surface area contributed by atoms with Crippen LogP contribution in [-0.2, 0) is 19.4 Å². The first kappa shape index (κ1) is 16.2. The van der Waals surface area contributed by atoms with Crippen LogP contribution in [0.15, 0.2) is 30.3 Å². The van der Waals surface area contributed by atoms with Crippen molar-refractivity contribution in [3.05, 3.63) is 47.3 Å². The number of nitrogens with zero attached hydrogens (tertiary/aromatic N) is 3. The third-order valence-electron chi connectivity index (χ3n) is 4.45. The van der Waals surface area contributed by atoms with Crippen molar-refractivity contribution in [2.45, 2.75) is 52.2 Å². The van der Waals surface area contributed by atoms with Crippen molar-refractivity contribution in [3.8, 4) is 5.69 Å². The molecule has 2 aromatic rings. The Kier molecular flexibility index (Phi) is 4.55. The molecule has 4 nitrogen and oxygen atoms in total. The minimum Gasteiger partial charge on any atom is -0.389 e. The van der Waals surface area contributed by atoms with E-state index < -0.39 is 5.60 Å². The Morgan fingerprint density at radius 2 is 1.96 bits per heavy atom. The monoisotopic (exact) mass is 313 g/mol. The lowest BCUT2D eigenvalue weighted by atomic mass is 10.1. The molecule has 1 N–H and O–H groups in total. The van der Waals surface area contributed by atoms with Gasteiger partial charge in [0.25, 0.3) is 0 Å². The van der Waals surface area contributed by atoms with Gasteiger partial charge in [0.2, 0.25) is 0 Å². The number of fused-ring (bicyclic) bond motifs is 1. The summed E-state index contributed by atoms with van der Waals surface area (Å²) in [6, 6.07) is 10.4. The molecular weight excluding hydrogens is 286 g/mol. The Morgan fingerprint density at radius 3 is 2.61 bits per heavy atom. The summed E-state index contributed by atoms with van der Waals surface area (Å²) in [7, 11) is 0. The summed E-state index contributed by atoms with van der Waals surface area (Å²) in [5.74, 6) is 0. The molecule has 124 valence electrons. The molecule has 0 fully saturated rings. The second-order valence-electron chi connectivity index (χ2n) is 7.09. The van der Waals surface area contributed by atoms with Gasteiger partial charge in [0.05, 0.1) is 17.0 Å². The maximum Gasteiger partial charge on any atom is 0.0804 e. The second-order valence-corrected chi connectivity index (χ2v) is 7.09. The zero-order chi connectivity index (χ0) is 16.4. The number of hydrogen-bond donors (Lipinski definition) is 1. The van der Waals surface area contributed by atoms with E-state index in [4.69, 9.17) is 5.10 Å². The van der Waals surface area contributed by atoms with Crippen LogP contribution in [0.3, 0.4) is 0 Å². The summed E-state index contributed by atoms with van der Waals surface area (Å²) in [5.41, 5.74) is 4.42. The topological polar surface area (TPSA) is 41.3 Å². The third kappa shape index (κ3) is 3.65. The Bertz CT molecular complexity index is 655. The molecule has 23 heavy (non-hydrogen) atoms. The zero-order valence-electron chi connectivity index (χ0n) is 14.4. The van der Waals surface area contributed by atoms with E-state index in [1.807, 2.05) is 19.9 Å². The molecule has 1 aliphatic carbocycles. The van der Waals surface area contributed by atoms with E-state index in [0.717, 1.165) is 31.6 Å². The lowest BCUT2D eigenvalue weighted by molar-refractivity contribution is 0.0348. The Labute approximate surface area is 138 Å². The van der Waals surface area contributed by atoms with Gasteiger partial charge in [0.1, 0.15) is 0 Å². The molecule has 0 saturated carbocycles. The van der Waals surface area contributed by atoms with E-state index in [2.05, 4.69) is 40.8 Å². The zero-order valence-corrected chi connectivity index (χ0v) is 14.4. The van der Waals surface area contributed by atoms with Gasteiger partial charge in [0.15, 0.2) is 0 Å². The van der Waals surface area contributed by atoms with Crippen molar-refractivity contribution in [1.29, 1.82) is 0 Å². The molecule has 4 heteroatoms. The van der Waals surface area contributed by atoms with Gasteiger partial charge in [0, 0.05) is 18.8 Å². The minimum atomic E-state index is -0.679. The maximum absolute atomic E-state index is 10.1. The SMILES string of the molecule is CCN(Cc1nn(-c2ccccc2)c2c1CCC2)CC(C)(C)O. The van der Waals surface area contributed by atoms with E-state index in [1.165, 1.54) is 23.4 Å². The average Bonchev–Trinajstić information content (AvgIpc) is 3.10. The van der Waals surface area contributed by atoms with Gasteiger partial charge in [-0.05, 0) is 57.4 Å². The van der Waals surface area contributed by atoms with Crippen molar-refractivity contribution >= 4 is 0 Å². The molecule has 0 unspecified atom stereocenters. The molecule has 1 aliphatic rings. The highest BCUT2D eigenvalue weighted by Crippen LogP contribution is 2.28. The summed E-state index contributed by atoms with van der Waals surface area (Å²) in [6.45, 7) is 8.25. The van der Waals surface area contributed by atoms with Crippen LogP contribution in [-0.4, -0.2) is 38.5 Å². The van der Waals surface area contributed by atoms with Crippen molar-refractivity contribution < 1.29 is 5.11 Å². The van der Waals surface area contributed by atoms with Gasteiger partial charge in [-0.2, -0.15) is 5.10 Å². The number of aliphatic hydroxyl groups is 1. The molecule has 1 heterocycles. The van der Waals surface area contributed by atoms with Crippen LogP contribution in [0.25, 0.3) is 5.69 Å². The lowest BCUT2D eigenvalue weighted by Gasteiger charge is -2.27. The normalized spacial score (nSPS) is 14.5. The molecule has 0 amide bonds. The average molecular weight is 313 g/mol. The summed E-state index contributed by atoms with van der Waals surface area (Å²) in [6.07, 6.45) is 3.44. The van der Waals surface area contributed by atoms with Crippen LogP contribution in [0.1, 0.15) is 44.1 Å². The van der Waals surface area contributed by atoms with Gasteiger partial charge in [-0.3, -0.25) is 4.90 Å². The van der Waals surface area contributed by atoms with Crippen molar-refractivity contribution in [3.63, 3.8) is 0 Å². The molecular formula is C19H27N3O. The molecule has 0 atom stereocenters. The van der Waals surface area contributed by atoms with Crippen LogP contribution in [0.5, 0.6) is 0 Å². The van der Waals surface area contributed by atoms with Crippen LogP contribution < -0.4 is 0 Å². The molecule has 0 aliphatic heterocycles. The van der Waals surface area contributed by atoms with Gasteiger partial charge in [-0.1, -0.05) is 25.1 Å². The van der Waals surface area contributed by atoms with E-state index in [1.54, 1.807) is 0 Å². The van der Waals surface area contributed by atoms with E-state index in [9.17, 15) is 5.11 Å². The van der Waals surface area contributed by atoms with Gasteiger partial charge in [-0.25, -0.2) is 4.68 Å². The highest BCUT2D eigenvalue weighted by Gasteiger charge is 2.25. The van der Waals surface area contributed by atoms with Crippen LogP contribution in [0.4, 0.5) is 0 Å². The van der Waals surface area contributed by atoms with Gasteiger partial charge in [-0.15, -0.1) is 0 Å². The highest BCUT2D eigenvalue weighted by molar-refractivity contribution is 5.39. The van der Waals surface area contributed by atoms with Crippen molar-refractivity contribution in [2.24, 2.45) is 0 Å². The third-order valence-corrected chi connectivity index (χ3v) is 4.45. The first-order valence-electron chi connectivity index (χ1n) is 8.58. The predicted molar refractivity (Wildman–Crippen MR) is 92.8 cm³/mol. The van der Waals surface area contributed by atoms with E-state index >= 15 is 0 Å². The summed E-state index contributed by atoms with van der Waals surface area (Å²) in [4.78, 5) is 2.27. The number of likely N-dealkylation sites (N-methyl/N-ethyl adjacent to an activating group) is 1. The Morgan fingerprint density at radius 1 is 1.22 bits per heavy atom. The predicted octanol–water partition coefficient (Wildman–Crippen LogP) is 2.95. The Hall–Kier alpha value is -1.65. The molecule has 1 aromatic heterocycles. The van der Waals surface area contributed by atoms with E-state index in [0.29, 0.717) is 6.54 Å². The summed E-state index contributed by atoms with van der Waals surface area (Å²) >= 11 is 0. The fourth-order valence-corrected chi connectivity index (χ4v) is 3.46. The van der Waals surface area contributed by atoms with Crippen LogP contribution in [0, 0.1) is 0 Å². The molecule has 0 bridgehead atoms. The second kappa shape index (κ2) is 6.46. The molecule has 0 saturated heterocycles. The number of benzene rings is 1. The smallest absolute Gasteiger partial charge is 0.0804 e. The summed E-state index contributed by atoms with van der Waals surface area (Å²) in [5, 5.41) is 15.0.